The Bertz CT molecular complexity index is 935. The predicted octanol–water partition coefficient (Wildman–Crippen LogP) is 3.85. The number of carbonyl (C=O) groups is 1. The van der Waals surface area contributed by atoms with Crippen LogP contribution >= 0.6 is 0 Å². The zero-order valence-electron chi connectivity index (χ0n) is 15.5. The summed E-state index contributed by atoms with van der Waals surface area (Å²) in [6, 6.07) is 5.03. The van der Waals surface area contributed by atoms with E-state index in [2.05, 4.69) is 25.1 Å². The third-order valence-electron chi connectivity index (χ3n) is 3.94. The number of nitrogens with one attached hydrogen (secondary N) is 2. The second kappa shape index (κ2) is 8.78. The van der Waals surface area contributed by atoms with E-state index in [9.17, 15) is 31.1 Å². The number of nitrogens with zero attached hydrogens (tertiary/aromatic N) is 1. The third kappa shape index (κ3) is 6.83. The van der Waals surface area contributed by atoms with E-state index in [-0.39, 0.29) is 24.8 Å². The Morgan fingerprint density at radius 1 is 1.16 bits per heavy atom. The van der Waals surface area contributed by atoms with E-state index in [1.807, 2.05) is 0 Å². The molecule has 2 aromatic rings. The highest BCUT2D eigenvalue weighted by Gasteiger charge is 2.33. The molecule has 2 heterocycles. The van der Waals surface area contributed by atoms with Crippen LogP contribution in [0.1, 0.15) is 17.2 Å². The number of ether oxygens (including phenoxy) is 3. The molecule has 1 unspecified atom stereocenters. The summed E-state index contributed by atoms with van der Waals surface area (Å²) in [5, 5.41) is 5.11. The van der Waals surface area contributed by atoms with Gasteiger partial charge in [-0.1, -0.05) is 0 Å². The Morgan fingerprint density at radius 2 is 1.94 bits per heavy atom. The molecule has 0 aliphatic carbocycles. The fraction of sp³-hybridized carbons (Fsp3) is 0.333. The van der Waals surface area contributed by atoms with Gasteiger partial charge in [0, 0.05) is 30.4 Å². The molecular weight excluding hydrogens is 436 g/mol. The normalized spacial score (nSPS) is 15.6. The molecule has 31 heavy (non-hydrogen) atoms. The highest BCUT2D eigenvalue weighted by atomic mass is 19.4. The lowest BCUT2D eigenvalue weighted by atomic mass is 10.1. The second-order valence-corrected chi connectivity index (χ2v) is 6.34. The summed E-state index contributed by atoms with van der Waals surface area (Å²) < 4.78 is 87.2. The van der Waals surface area contributed by atoms with Crippen molar-refractivity contribution in [2.24, 2.45) is 0 Å². The minimum absolute atomic E-state index is 0.00289. The van der Waals surface area contributed by atoms with E-state index in [4.69, 9.17) is 4.74 Å². The standard InChI is InChI=1S/C18H15F6N3O4/c19-17(20,21)9-30-15-5-10(3-4-25-15)7-26-16(28)27-13-8-29-14-6-11(1-2-12(13)14)31-18(22,23)24/h1-6,13H,7-9H2,(H2,26,27,28). The number of hydrogen-bond acceptors (Lipinski definition) is 5. The number of hydrogen-bond donors (Lipinski definition) is 2. The van der Waals surface area contributed by atoms with Crippen molar-refractivity contribution in [3.8, 4) is 17.4 Å². The zero-order chi connectivity index (χ0) is 22.6. The average Bonchev–Trinajstić information content (AvgIpc) is 3.05. The van der Waals surface area contributed by atoms with Gasteiger partial charge in [-0.2, -0.15) is 13.2 Å². The number of alkyl halides is 6. The fourth-order valence-electron chi connectivity index (χ4n) is 2.69. The van der Waals surface area contributed by atoms with Crippen LogP contribution in [0.25, 0.3) is 0 Å². The number of benzene rings is 1. The second-order valence-electron chi connectivity index (χ2n) is 6.34. The maximum absolute atomic E-state index is 12.3. The lowest BCUT2D eigenvalue weighted by molar-refractivity contribution is -0.274. The molecule has 2 amide bonds. The summed E-state index contributed by atoms with van der Waals surface area (Å²) in [4.78, 5) is 15.8. The molecule has 1 atom stereocenters. The highest BCUT2D eigenvalue weighted by Crippen LogP contribution is 2.36. The van der Waals surface area contributed by atoms with Gasteiger partial charge in [-0.05, 0) is 23.8 Å². The van der Waals surface area contributed by atoms with Crippen molar-refractivity contribution in [2.45, 2.75) is 25.1 Å². The van der Waals surface area contributed by atoms with Crippen LogP contribution in [0.15, 0.2) is 36.5 Å². The summed E-state index contributed by atoms with van der Waals surface area (Å²) in [5.74, 6) is -0.544. The predicted molar refractivity (Wildman–Crippen MR) is 92.5 cm³/mol. The number of fused-ring (bicyclic) bond motifs is 1. The largest absolute Gasteiger partial charge is 0.573 e. The molecule has 3 rings (SSSR count). The molecule has 0 saturated carbocycles. The maximum atomic E-state index is 12.3. The van der Waals surface area contributed by atoms with Crippen molar-refractivity contribution in [1.82, 2.24) is 15.6 Å². The molecule has 2 N–H and O–H groups in total. The molecule has 0 spiro atoms. The number of halogens is 6. The average molecular weight is 451 g/mol. The Kier molecular flexibility index (Phi) is 6.32. The molecule has 1 aliphatic heterocycles. The number of amides is 2. The molecule has 0 bridgehead atoms. The molecule has 0 saturated heterocycles. The summed E-state index contributed by atoms with van der Waals surface area (Å²) in [6.07, 6.45) is -8.10. The summed E-state index contributed by atoms with van der Waals surface area (Å²) in [5.41, 5.74) is 0.913. The minimum atomic E-state index is -4.84. The Morgan fingerprint density at radius 3 is 2.65 bits per heavy atom. The molecule has 7 nitrogen and oxygen atoms in total. The number of carbonyl (C=O) groups excluding carboxylic acids is 1. The van der Waals surface area contributed by atoms with Crippen LogP contribution in [0.2, 0.25) is 0 Å². The number of pyridine rings is 1. The van der Waals surface area contributed by atoms with Crippen LogP contribution in [0.4, 0.5) is 31.1 Å². The van der Waals surface area contributed by atoms with E-state index >= 15 is 0 Å². The van der Waals surface area contributed by atoms with Gasteiger partial charge in [0.1, 0.15) is 18.1 Å². The Labute approximate surface area is 171 Å². The van der Waals surface area contributed by atoms with Gasteiger partial charge in [-0.3, -0.25) is 0 Å². The summed E-state index contributed by atoms with van der Waals surface area (Å²) in [6.45, 7) is -1.52. The van der Waals surface area contributed by atoms with Gasteiger partial charge >= 0.3 is 18.6 Å². The van der Waals surface area contributed by atoms with E-state index in [1.54, 1.807) is 0 Å². The zero-order valence-corrected chi connectivity index (χ0v) is 15.5. The molecule has 13 heteroatoms. The van der Waals surface area contributed by atoms with Crippen molar-refractivity contribution in [3.05, 3.63) is 47.7 Å². The highest BCUT2D eigenvalue weighted by molar-refractivity contribution is 5.74. The van der Waals surface area contributed by atoms with Crippen molar-refractivity contribution in [3.63, 3.8) is 0 Å². The number of aromatic nitrogens is 1. The summed E-state index contributed by atoms with van der Waals surface area (Å²) in [7, 11) is 0. The van der Waals surface area contributed by atoms with Crippen LogP contribution < -0.4 is 24.8 Å². The Hall–Kier alpha value is -3.38. The quantitative estimate of drug-likeness (QED) is 0.653. The smallest absolute Gasteiger partial charge is 0.491 e. The molecule has 0 radical (unpaired) electrons. The molecule has 1 aromatic heterocycles. The van der Waals surface area contributed by atoms with E-state index in [0.29, 0.717) is 11.1 Å². The van der Waals surface area contributed by atoms with E-state index in [1.165, 1.54) is 24.4 Å². The van der Waals surface area contributed by atoms with Crippen LogP contribution in [-0.4, -0.2) is 36.8 Å². The summed E-state index contributed by atoms with van der Waals surface area (Å²) >= 11 is 0. The Balaban J connectivity index is 1.52. The monoisotopic (exact) mass is 451 g/mol. The van der Waals surface area contributed by atoms with E-state index in [0.717, 1.165) is 12.1 Å². The lowest BCUT2D eigenvalue weighted by Crippen LogP contribution is -2.38. The van der Waals surface area contributed by atoms with Gasteiger partial charge in [0.2, 0.25) is 5.88 Å². The van der Waals surface area contributed by atoms with Crippen molar-refractivity contribution < 1.29 is 45.3 Å². The molecule has 1 aromatic carbocycles. The van der Waals surface area contributed by atoms with Crippen LogP contribution in [-0.2, 0) is 6.54 Å². The molecular formula is C18H15F6N3O4. The SMILES string of the molecule is O=C(NCc1ccnc(OCC(F)(F)F)c1)NC1COc2cc(OC(F)(F)F)ccc21. The molecule has 0 fully saturated rings. The third-order valence-corrected chi connectivity index (χ3v) is 3.94. The van der Waals surface area contributed by atoms with Crippen molar-refractivity contribution in [2.75, 3.05) is 13.2 Å². The minimum Gasteiger partial charge on any atom is -0.491 e. The topological polar surface area (TPSA) is 81.7 Å². The molecule has 1 aliphatic rings. The maximum Gasteiger partial charge on any atom is 0.573 e. The van der Waals surface area contributed by atoms with Gasteiger partial charge in [0.05, 0.1) is 6.04 Å². The number of urea groups is 1. The first-order valence-corrected chi connectivity index (χ1v) is 8.70. The van der Waals surface area contributed by atoms with Gasteiger partial charge in [0.15, 0.2) is 6.61 Å². The van der Waals surface area contributed by atoms with Crippen LogP contribution in [0.5, 0.6) is 17.4 Å². The first-order chi connectivity index (χ1) is 14.5. The van der Waals surface area contributed by atoms with E-state index < -0.39 is 37.0 Å². The van der Waals surface area contributed by atoms with Crippen LogP contribution in [0.3, 0.4) is 0 Å². The van der Waals surface area contributed by atoms with Gasteiger partial charge < -0.3 is 24.8 Å². The van der Waals surface area contributed by atoms with Crippen molar-refractivity contribution in [1.29, 1.82) is 0 Å². The van der Waals surface area contributed by atoms with Gasteiger partial charge in [-0.25, -0.2) is 9.78 Å². The number of rotatable bonds is 6. The first kappa shape index (κ1) is 22.3. The van der Waals surface area contributed by atoms with Gasteiger partial charge in [0.25, 0.3) is 0 Å². The lowest BCUT2D eigenvalue weighted by Gasteiger charge is -2.14. The van der Waals surface area contributed by atoms with Gasteiger partial charge in [-0.15, -0.1) is 13.2 Å². The fourth-order valence-corrected chi connectivity index (χ4v) is 2.69. The molecule has 168 valence electrons. The van der Waals surface area contributed by atoms with Crippen molar-refractivity contribution >= 4 is 6.03 Å². The first-order valence-electron chi connectivity index (χ1n) is 8.70. The van der Waals surface area contributed by atoms with Crippen LogP contribution in [0, 0.1) is 0 Å².